The average molecular weight is 326 g/mol. The number of nitrogens with one attached hydrogen (secondary N) is 2. The Labute approximate surface area is 136 Å². The second kappa shape index (κ2) is 6.97. The largest absolute Gasteiger partial charge is 0.350 e. The number of amides is 1. The minimum atomic E-state index is -0.336. The normalized spacial score (nSPS) is 10.4. The highest BCUT2D eigenvalue weighted by atomic mass is 32.1. The number of hydrogen-bond acceptors (Lipinski definition) is 5. The predicted molar refractivity (Wildman–Crippen MR) is 88.4 cm³/mol. The lowest BCUT2D eigenvalue weighted by molar-refractivity contribution is 0.0948. The molecule has 116 valence electrons. The lowest BCUT2D eigenvalue weighted by atomic mass is 10.2. The van der Waals surface area contributed by atoms with E-state index in [1.165, 1.54) is 12.1 Å². The number of rotatable bonds is 5. The third kappa shape index (κ3) is 3.89. The summed E-state index contributed by atoms with van der Waals surface area (Å²) in [5.41, 5.74) is 1.87. The van der Waals surface area contributed by atoms with Crippen LogP contribution < -0.4 is 10.9 Å². The zero-order chi connectivity index (χ0) is 16.1. The molecule has 7 heteroatoms. The van der Waals surface area contributed by atoms with Crippen LogP contribution in [0, 0.1) is 0 Å². The molecule has 0 unspecified atom stereocenters. The molecular formula is C16H14N4O2S. The van der Waals surface area contributed by atoms with Gasteiger partial charge in [0.05, 0.1) is 5.69 Å². The first-order valence-corrected chi connectivity index (χ1v) is 7.94. The first-order valence-electron chi connectivity index (χ1n) is 7.06. The van der Waals surface area contributed by atoms with Crippen LogP contribution in [0.15, 0.2) is 52.6 Å². The van der Waals surface area contributed by atoms with Crippen LogP contribution in [-0.2, 0) is 6.42 Å². The number of aromatic nitrogens is 3. The zero-order valence-electron chi connectivity index (χ0n) is 12.2. The highest BCUT2D eigenvalue weighted by Crippen LogP contribution is 2.23. The summed E-state index contributed by atoms with van der Waals surface area (Å²) < 4.78 is 0. The molecule has 0 bridgehead atoms. The number of aromatic amines is 1. The quantitative estimate of drug-likeness (QED) is 0.749. The van der Waals surface area contributed by atoms with E-state index in [1.807, 2.05) is 35.7 Å². The minimum absolute atomic E-state index is 0.188. The van der Waals surface area contributed by atoms with Gasteiger partial charge >= 0.3 is 0 Å². The third-order valence-electron chi connectivity index (χ3n) is 3.15. The fraction of sp³-hybridized carbons (Fsp3) is 0.125. The second-order valence-electron chi connectivity index (χ2n) is 4.82. The number of nitrogens with zero attached hydrogens (tertiary/aromatic N) is 2. The molecule has 0 spiro atoms. The Bertz CT molecular complexity index is 837. The lowest BCUT2D eigenvalue weighted by Crippen LogP contribution is -2.27. The van der Waals surface area contributed by atoms with Crippen LogP contribution >= 0.6 is 11.3 Å². The Morgan fingerprint density at radius 3 is 2.74 bits per heavy atom. The maximum absolute atomic E-state index is 11.9. The summed E-state index contributed by atoms with van der Waals surface area (Å²) in [5.74, 6) is -0.320. The maximum Gasteiger partial charge on any atom is 0.271 e. The van der Waals surface area contributed by atoms with E-state index in [1.54, 1.807) is 11.3 Å². The van der Waals surface area contributed by atoms with Crippen molar-refractivity contribution in [3.63, 3.8) is 0 Å². The molecule has 1 amide bonds. The van der Waals surface area contributed by atoms with Gasteiger partial charge in [0.15, 0.2) is 0 Å². The molecule has 0 radical (unpaired) electrons. The molecule has 0 saturated carbocycles. The fourth-order valence-corrected chi connectivity index (χ4v) is 2.86. The molecule has 0 aliphatic carbocycles. The van der Waals surface area contributed by atoms with Crippen LogP contribution in [0.5, 0.6) is 0 Å². The van der Waals surface area contributed by atoms with Crippen LogP contribution in [-0.4, -0.2) is 27.6 Å². The monoisotopic (exact) mass is 326 g/mol. The second-order valence-corrected chi connectivity index (χ2v) is 5.68. The van der Waals surface area contributed by atoms with Gasteiger partial charge in [0.2, 0.25) is 0 Å². The first-order chi connectivity index (χ1) is 11.2. The van der Waals surface area contributed by atoms with Gasteiger partial charge in [-0.1, -0.05) is 30.3 Å². The van der Waals surface area contributed by atoms with Crippen molar-refractivity contribution in [2.45, 2.75) is 6.42 Å². The Morgan fingerprint density at radius 1 is 1.17 bits per heavy atom. The number of carbonyl (C=O) groups excluding carboxylic acids is 1. The molecule has 3 rings (SSSR count). The van der Waals surface area contributed by atoms with E-state index in [9.17, 15) is 9.59 Å². The Morgan fingerprint density at radius 2 is 2.00 bits per heavy atom. The number of benzene rings is 1. The molecule has 0 aliphatic rings. The average Bonchev–Trinajstić information content (AvgIpc) is 3.05. The van der Waals surface area contributed by atoms with Crippen molar-refractivity contribution in [3.05, 3.63) is 69.6 Å². The summed E-state index contributed by atoms with van der Waals surface area (Å²) in [6.45, 7) is 0.456. The maximum atomic E-state index is 11.9. The van der Waals surface area contributed by atoms with Crippen molar-refractivity contribution in [1.82, 2.24) is 20.5 Å². The first kappa shape index (κ1) is 15.1. The molecule has 0 aliphatic heterocycles. The van der Waals surface area contributed by atoms with Gasteiger partial charge in [-0.3, -0.25) is 9.59 Å². The van der Waals surface area contributed by atoms with Gasteiger partial charge in [-0.05, 0) is 6.07 Å². The SMILES string of the molecule is O=C(NCCc1csc(-c2ccccc2)n1)c1ccc(=O)[nH]n1. The Hall–Kier alpha value is -2.80. The number of H-pyrrole nitrogens is 1. The van der Waals surface area contributed by atoms with Gasteiger partial charge in [-0.15, -0.1) is 11.3 Å². The molecule has 0 saturated heterocycles. The van der Waals surface area contributed by atoms with E-state index in [0.717, 1.165) is 16.3 Å². The van der Waals surface area contributed by atoms with Crippen LogP contribution in [0.3, 0.4) is 0 Å². The molecule has 23 heavy (non-hydrogen) atoms. The van der Waals surface area contributed by atoms with E-state index >= 15 is 0 Å². The lowest BCUT2D eigenvalue weighted by Gasteiger charge is -2.02. The van der Waals surface area contributed by atoms with Gasteiger partial charge in [-0.2, -0.15) is 5.10 Å². The smallest absolute Gasteiger partial charge is 0.271 e. The van der Waals surface area contributed by atoms with Crippen molar-refractivity contribution >= 4 is 17.2 Å². The topological polar surface area (TPSA) is 87.7 Å². The third-order valence-corrected chi connectivity index (χ3v) is 4.09. The predicted octanol–water partition coefficient (Wildman–Crippen LogP) is 1.87. The number of thiazole rings is 1. The molecule has 0 fully saturated rings. The van der Waals surface area contributed by atoms with Crippen LogP contribution in [0.25, 0.3) is 10.6 Å². The zero-order valence-corrected chi connectivity index (χ0v) is 13.0. The van der Waals surface area contributed by atoms with E-state index in [-0.39, 0.29) is 17.2 Å². The van der Waals surface area contributed by atoms with Crippen molar-refractivity contribution in [1.29, 1.82) is 0 Å². The fourth-order valence-electron chi connectivity index (χ4n) is 2.00. The van der Waals surface area contributed by atoms with Gasteiger partial charge in [0, 0.05) is 30.0 Å². The minimum Gasteiger partial charge on any atom is -0.350 e. The number of hydrogen-bond donors (Lipinski definition) is 2. The summed E-state index contributed by atoms with van der Waals surface area (Å²) in [4.78, 5) is 27.3. The van der Waals surface area contributed by atoms with Crippen molar-refractivity contribution in [2.75, 3.05) is 6.54 Å². The van der Waals surface area contributed by atoms with Gasteiger partial charge in [-0.25, -0.2) is 10.1 Å². The number of carbonyl (C=O) groups is 1. The van der Waals surface area contributed by atoms with E-state index in [0.29, 0.717) is 13.0 Å². The van der Waals surface area contributed by atoms with Gasteiger partial charge in [0.25, 0.3) is 11.5 Å². The standard InChI is InChI=1S/C16H14N4O2S/c21-14-7-6-13(19-20-14)15(22)17-9-8-12-10-23-16(18-12)11-4-2-1-3-5-11/h1-7,10H,8-9H2,(H,17,22)(H,20,21). The summed E-state index contributed by atoms with van der Waals surface area (Å²) >= 11 is 1.58. The molecule has 6 nitrogen and oxygen atoms in total. The van der Waals surface area contributed by atoms with Crippen LogP contribution in [0.2, 0.25) is 0 Å². The Balaban J connectivity index is 1.55. The summed E-state index contributed by atoms with van der Waals surface area (Å²) in [6.07, 6.45) is 0.637. The molecule has 2 N–H and O–H groups in total. The van der Waals surface area contributed by atoms with Crippen molar-refractivity contribution in [2.24, 2.45) is 0 Å². The summed E-state index contributed by atoms with van der Waals surface area (Å²) in [7, 11) is 0. The van der Waals surface area contributed by atoms with Crippen LogP contribution in [0.1, 0.15) is 16.2 Å². The molecule has 3 aromatic rings. The van der Waals surface area contributed by atoms with E-state index in [2.05, 4.69) is 20.5 Å². The molecule has 2 heterocycles. The van der Waals surface area contributed by atoms with E-state index < -0.39 is 0 Å². The summed E-state index contributed by atoms with van der Waals surface area (Å²) in [5, 5.41) is 11.6. The molecule has 1 aromatic carbocycles. The Kier molecular flexibility index (Phi) is 4.58. The van der Waals surface area contributed by atoms with Crippen molar-refractivity contribution in [3.8, 4) is 10.6 Å². The molecule has 0 atom stereocenters. The van der Waals surface area contributed by atoms with Crippen molar-refractivity contribution < 1.29 is 4.79 Å². The molecule has 2 aromatic heterocycles. The van der Waals surface area contributed by atoms with Gasteiger partial charge in [0.1, 0.15) is 10.7 Å². The highest BCUT2D eigenvalue weighted by molar-refractivity contribution is 7.13. The van der Waals surface area contributed by atoms with Crippen LogP contribution in [0.4, 0.5) is 0 Å². The summed E-state index contributed by atoms with van der Waals surface area (Å²) in [6, 6.07) is 12.6. The van der Waals surface area contributed by atoms with E-state index in [4.69, 9.17) is 0 Å². The van der Waals surface area contributed by atoms with Gasteiger partial charge < -0.3 is 5.32 Å². The molecular weight excluding hydrogens is 312 g/mol. The highest BCUT2D eigenvalue weighted by Gasteiger charge is 2.08.